The third-order valence-corrected chi connectivity index (χ3v) is 6.06. The van der Waals surface area contributed by atoms with E-state index in [1.54, 1.807) is 0 Å². The summed E-state index contributed by atoms with van der Waals surface area (Å²) in [6.07, 6.45) is 0.988. The first-order valence-corrected chi connectivity index (χ1v) is 8.94. The van der Waals surface area contributed by atoms with Crippen molar-refractivity contribution in [2.24, 2.45) is 11.7 Å². The summed E-state index contributed by atoms with van der Waals surface area (Å²) in [5.74, 6) is 0.324. The number of likely N-dealkylation sites (tertiary alicyclic amines) is 1. The van der Waals surface area contributed by atoms with E-state index < -0.39 is 10.0 Å². The van der Waals surface area contributed by atoms with Crippen LogP contribution in [-0.2, 0) is 16.6 Å². The summed E-state index contributed by atoms with van der Waals surface area (Å²) in [6, 6.07) is 2.92. The fourth-order valence-electron chi connectivity index (χ4n) is 2.47. The molecule has 3 N–H and O–H groups in total. The number of benzene rings is 1. The van der Waals surface area contributed by atoms with Crippen LogP contribution in [0.3, 0.4) is 0 Å². The van der Waals surface area contributed by atoms with Gasteiger partial charge in [0.1, 0.15) is 4.90 Å². The number of rotatable bonds is 5. The molecule has 0 saturated carbocycles. The van der Waals surface area contributed by atoms with Crippen LogP contribution >= 0.6 is 23.2 Å². The fraction of sp³-hybridized carbons (Fsp3) is 0.538. The normalized spacial score (nSPS) is 20.1. The van der Waals surface area contributed by atoms with Gasteiger partial charge in [-0.05, 0) is 38.1 Å². The zero-order valence-electron chi connectivity index (χ0n) is 11.8. The van der Waals surface area contributed by atoms with Crippen LogP contribution in [0.15, 0.2) is 17.0 Å². The number of halogens is 2. The monoisotopic (exact) mass is 351 g/mol. The van der Waals surface area contributed by atoms with Crippen molar-refractivity contribution in [1.82, 2.24) is 9.62 Å². The topological polar surface area (TPSA) is 75.4 Å². The lowest BCUT2D eigenvalue weighted by molar-refractivity contribution is 0.394. The first-order valence-electron chi connectivity index (χ1n) is 6.70. The quantitative estimate of drug-likeness (QED) is 0.846. The van der Waals surface area contributed by atoms with Crippen molar-refractivity contribution in [3.63, 3.8) is 0 Å². The smallest absolute Gasteiger partial charge is 0.242 e. The lowest BCUT2D eigenvalue weighted by atomic mass is 10.1. The van der Waals surface area contributed by atoms with Gasteiger partial charge in [0.05, 0.1) is 5.02 Å². The number of nitrogens with two attached hydrogens (primary N) is 1. The minimum Gasteiger partial charge on any atom is -0.326 e. The van der Waals surface area contributed by atoms with Crippen molar-refractivity contribution >= 4 is 33.2 Å². The molecular formula is C13H19Cl2N3O2S. The Hall–Kier alpha value is -0.370. The third kappa shape index (κ3) is 3.88. The highest BCUT2D eigenvalue weighted by Gasteiger charge is 2.24. The van der Waals surface area contributed by atoms with E-state index in [1.165, 1.54) is 12.1 Å². The number of sulfonamides is 1. The highest BCUT2D eigenvalue weighted by Crippen LogP contribution is 2.30. The molecule has 1 aromatic carbocycles. The first-order chi connectivity index (χ1) is 9.85. The van der Waals surface area contributed by atoms with Crippen LogP contribution in [-0.4, -0.2) is 40.0 Å². The second kappa shape index (κ2) is 6.81. The predicted octanol–water partition coefficient (Wildman–Crippen LogP) is 1.68. The van der Waals surface area contributed by atoms with Gasteiger partial charge in [0.15, 0.2) is 0 Å². The molecule has 5 nitrogen and oxygen atoms in total. The van der Waals surface area contributed by atoms with Crippen molar-refractivity contribution in [2.75, 3.05) is 26.7 Å². The van der Waals surface area contributed by atoms with Gasteiger partial charge in [-0.15, -0.1) is 0 Å². The van der Waals surface area contributed by atoms with Crippen LogP contribution in [0, 0.1) is 5.92 Å². The Morgan fingerprint density at radius 3 is 2.71 bits per heavy atom. The summed E-state index contributed by atoms with van der Waals surface area (Å²) in [6.45, 7) is 2.38. The van der Waals surface area contributed by atoms with Gasteiger partial charge in [0.2, 0.25) is 10.0 Å². The van der Waals surface area contributed by atoms with E-state index in [0.29, 0.717) is 23.0 Å². The molecule has 0 radical (unpaired) electrons. The molecule has 1 aliphatic heterocycles. The van der Waals surface area contributed by atoms with E-state index in [-0.39, 0.29) is 16.5 Å². The van der Waals surface area contributed by atoms with E-state index in [9.17, 15) is 8.42 Å². The minimum absolute atomic E-state index is 0.0281. The molecule has 1 heterocycles. The molecule has 0 spiro atoms. The Morgan fingerprint density at radius 2 is 2.14 bits per heavy atom. The van der Waals surface area contributed by atoms with Crippen molar-refractivity contribution in [2.45, 2.75) is 17.9 Å². The molecule has 1 aromatic rings. The maximum atomic E-state index is 12.4. The molecule has 1 saturated heterocycles. The minimum atomic E-state index is -3.66. The summed E-state index contributed by atoms with van der Waals surface area (Å²) >= 11 is 12.1. The van der Waals surface area contributed by atoms with Crippen LogP contribution in [0.2, 0.25) is 10.0 Å². The Labute approximate surface area is 135 Å². The lowest BCUT2D eigenvalue weighted by Crippen LogP contribution is -2.31. The van der Waals surface area contributed by atoms with E-state index >= 15 is 0 Å². The number of hydrogen-bond acceptors (Lipinski definition) is 4. The van der Waals surface area contributed by atoms with Crippen LogP contribution in [0.25, 0.3) is 0 Å². The zero-order valence-corrected chi connectivity index (χ0v) is 14.1. The molecule has 8 heteroatoms. The second-order valence-corrected chi connectivity index (χ2v) is 7.83. The maximum Gasteiger partial charge on any atom is 0.242 e. The van der Waals surface area contributed by atoms with Gasteiger partial charge in [-0.1, -0.05) is 23.2 Å². The molecule has 2 rings (SSSR count). The van der Waals surface area contributed by atoms with Gasteiger partial charge < -0.3 is 10.6 Å². The van der Waals surface area contributed by atoms with Gasteiger partial charge in [0.25, 0.3) is 0 Å². The van der Waals surface area contributed by atoms with Crippen molar-refractivity contribution in [3.8, 4) is 0 Å². The SMILES string of the molecule is CN1CCC(CNS(=O)(=O)c2ccc(Cl)c(CN)c2Cl)C1. The molecule has 21 heavy (non-hydrogen) atoms. The van der Waals surface area contributed by atoms with Gasteiger partial charge in [0, 0.05) is 30.2 Å². The standard InChI is InChI=1S/C13H19Cl2N3O2S/c1-18-5-4-9(8-18)7-17-21(19,20)12-3-2-11(14)10(6-16)13(12)15/h2-3,9,17H,4-8,16H2,1H3. The van der Waals surface area contributed by atoms with Gasteiger partial charge in [-0.2, -0.15) is 0 Å². The molecule has 0 aliphatic carbocycles. The fourth-order valence-corrected chi connectivity index (χ4v) is 4.52. The van der Waals surface area contributed by atoms with E-state index in [1.807, 2.05) is 7.05 Å². The van der Waals surface area contributed by atoms with E-state index in [2.05, 4.69) is 9.62 Å². The zero-order chi connectivity index (χ0) is 15.6. The Bertz CT molecular complexity index is 622. The summed E-state index contributed by atoms with van der Waals surface area (Å²) < 4.78 is 27.4. The average molecular weight is 352 g/mol. The lowest BCUT2D eigenvalue weighted by Gasteiger charge is -2.14. The third-order valence-electron chi connectivity index (χ3n) is 3.70. The van der Waals surface area contributed by atoms with Crippen LogP contribution in [0.4, 0.5) is 0 Å². The molecule has 1 unspecified atom stereocenters. The summed E-state index contributed by atoms with van der Waals surface area (Å²) in [5, 5.41) is 0.472. The molecular weight excluding hydrogens is 333 g/mol. The molecule has 0 bridgehead atoms. The Morgan fingerprint density at radius 1 is 1.43 bits per heavy atom. The largest absolute Gasteiger partial charge is 0.326 e. The molecule has 118 valence electrons. The number of nitrogens with one attached hydrogen (secondary N) is 1. The molecule has 0 aromatic heterocycles. The Kier molecular flexibility index (Phi) is 5.51. The number of nitrogens with zero attached hydrogens (tertiary/aromatic N) is 1. The van der Waals surface area contributed by atoms with Gasteiger partial charge >= 0.3 is 0 Å². The number of hydrogen-bond donors (Lipinski definition) is 2. The van der Waals surface area contributed by atoms with Gasteiger partial charge in [-0.25, -0.2) is 13.1 Å². The molecule has 1 atom stereocenters. The van der Waals surface area contributed by atoms with E-state index in [0.717, 1.165) is 19.5 Å². The van der Waals surface area contributed by atoms with E-state index in [4.69, 9.17) is 28.9 Å². The summed E-state index contributed by atoms with van der Waals surface area (Å²) in [4.78, 5) is 2.21. The summed E-state index contributed by atoms with van der Waals surface area (Å²) in [5.41, 5.74) is 6.01. The van der Waals surface area contributed by atoms with Crippen molar-refractivity contribution in [1.29, 1.82) is 0 Å². The van der Waals surface area contributed by atoms with Crippen LogP contribution < -0.4 is 10.5 Å². The average Bonchev–Trinajstić information content (AvgIpc) is 2.83. The predicted molar refractivity (Wildman–Crippen MR) is 85.1 cm³/mol. The van der Waals surface area contributed by atoms with Crippen LogP contribution in [0.1, 0.15) is 12.0 Å². The second-order valence-electron chi connectivity index (χ2n) is 5.31. The highest BCUT2D eigenvalue weighted by molar-refractivity contribution is 7.89. The Balaban J connectivity index is 2.16. The highest BCUT2D eigenvalue weighted by atomic mass is 35.5. The van der Waals surface area contributed by atoms with Crippen molar-refractivity contribution in [3.05, 3.63) is 27.7 Å². The first kappa shape index (κ1) is 17.0. The molecule has 1 fully saturated rings. The van der Waals surface area contributed by atoms with Crippen molar-refractivity contribution < 1.29 is 8.42 Å². The molecule has 1 aliphatic rings. The van der Waals surface area contributed by atoms with Crippen LogP contribution in [0.5, 0.6) is 0 Å². The molecule has 0 amide bonds. The van der Waals surface area contributed by atoms with Gasteiger partial charge in [-0.3, -0.25) is 0 Å². The maximum absolute atomic E-state index is 12.4. The summed E-state index contributed by atoms with van der Waals surface area (Å²) in [7, 11) is -1.63.